The van der Waals surface area contributed by atoms with E-state index in [1.54, 1.807) is 0 Å². The van der Waals surface area contributed by atoms with Crippen LogP contribution < -0.4 is 0 Å². The lowest BCUT2D eigenvalue weighted by molar-refractivity contribution is 0.584. The van der Waals surface area contributed by atoms with Crippen molar-refractivity contribution in [3.05, 3.63) is 263 Å². The maximum absolute atomic E-state index is 2.54. The molecule has 1 aliphatic heterocycles. The Morgan fingerprint density at radius 3 is 1.87 bits per heavy atom. The van der Waals surface area contributed by atoms with E-state index in [9.17, 15) is 0 Å². The molecule has 0 fully saturated rings. The van der Waals surface area contributed by atoms with Gasteiger partial charge in [0.05, 0.1) is 5.41 Å². The minimum Gasteiger partial charge on any atom is -0.0931 e. The predicted octanol–water partition coefficient (Wildman–Crippen LogP) is 17.5. The number of halogens is 2. The molecule has 0 saturated carbocycles. The average Bonchev–Trinajstić information content (AvgIpc) is 3.80. The van der Waals surface area contributed by atoms with Crippen LogP contribution in [0, 0.1) is 17.4 Å². The third-order valence-electron chi connectivity index (χ3n) is 15.2. The van der Waals surface area contributed by atoms with Crippen LogP contribution in [0.4, 0.5) is 0 Å². The second kappa shape index (κ2) is 15.7. The Kier molecular flexibility index (Phi) is 9.60. The van der Waals surface area contributed by atoms with Crippen LogP contribution in [-0.2, 0) is 17.3 Å². The van der Waals surface area contributed by atoms with E-state index < -0.39 is 5.41 Å². The molecule has 0 amide bonds. The molecular weight excluding hydrogens is 1030 g/mol. The van der Waals surface area contributed by atoms with Gasteiger partial charge in [-0.05, 0) is 210 Å². The van der Waals surface area contributed by atoms with E-state index in [1.165, 1.54) is 131 Å². The zero-order chi connectivity index (χ0) is 45.0. The summed E-state index contributed by atoms with van der Waals surface area (Å²) < 4.78 is 6.07. The van der Waals surface area contributed by atoms with E-state index in [4.69, 9.17) is 0 Å². The van der Waals surface area contributed by atoms with Crippen LogP contribution >= 0.6 is 43.3 Å². The van der Waals surface area contributed by atoms with Gasteiger partial charge in [-0.2, -0.15) is 0 Å². The fourth-order valence-electron chi connectivity index (χ4n) is 11.9. The van der Waals surface area contributed by atoms with E-state index in [0.29, 0.717) is 0 Å². The Hall–Kier alpha value is -6.21. The third kappa shape index (κ3) is 6.39. The highest BCUT2D eigenvalue weighted by Crippen LogP contribution is 2.60. The SMILES string of the molecule is Cc1ccc(C2(c3ccc(C)cc3)c3cc(-c4ccc5c(c4)C=CI=C5)ccc3-c3c(CC4(C)c5cc(-c6ccc7cc(I)ccc7c6)ccc5-c5c4ccc4ccccc54)cccc32)cc1. The molecule has 3 aliphatic rings. The maximum Gasteiger partial charge on any atom is 0.0713 e. The molecule has 0 bridgehead atoms. The largest absolute Gasteiger partial charge is 0.0931 e. The Morgan fingerprint density at radius 1 is 0.463 bits per heavy atom. The molecule has 0 nitrogen and oxygen atoms in total. The lowest BCUT2D eigenvalue weighted by Crippen LogP contribution is -2.29. The van der Waals surface area contributed by atoms with E-state index in [2.05, 4.69) is 252 Å². The number of hydrogen-bond donors (Lipinski definition) is 0. The van der Waals surface area contributed by atoms with Crippen LogP contribution in [0.15, 0.2) is 198 Å². The zero-order valence-corrected chi connectivity index (χ0v) is 42.0. The summed E-state index contributed by atoms with van der Waals surface area (Å²) in [6, 6.07) is 75.2. The maximum atomic E-state index is 2.54. The van der Waals surface area contributed by atoms with Gasteiger partial charge in [0.1, 0.15) is 0 Å². The van der Waals surface area contributed by atoms with E-state index in [-0.39, 0.29) is 26.1 Å². The number of benzene rings is 10. The molecule has 13 rings (SSSR count). The highest BCUT2D eigenvalue weighted by atomic mass is 127. The molecule has 1 unspecified atom stereocenters. The van der Waals surface area contributed by atoms with Crippen molar-refractivity contribution in [1.29, 1.82) is 0 Å². The first-order chi connectivity index (χ1) is 32.8. The summed E-state index contributed by atoms with van der Waals surface area (Å²) >= 11 is 2.40. The van der Waals surface area contributed by atoms with Gasteiger partial charge in [0.25, 0.3) is 0 Å². The second-order valence-corrected chi connectivity index (χ2v) is 22.4. The van der Waals surface area contributed by atoms with Crippen molar-refractivity contribution >= 4 is 75.0 Å². The highest BCUT2D eigenvalue weighted by molar-refractivity contribution is 14.2. The molecule has 0 aromatic heterocycles. The monoisotopic (exact) mass is 1080 g/mol. The van der Waals surface area contributed by atoms with Crippen molar-refractivity contribution < 1.29 is 0 Å². The minimum atomic E-state index is -0.533. The van der Waals surface area contributed by atoms with E-state index >= 15 is 0 Å². The van der Waals surface area contributed by atoms with Crippen molar-refractivity contribution in [3.63, 3.8) is 0 Å². The van der Waals surface area contributed by atoms with Gasteiger partial charge in [-0.1, -0.05) is 197 Å². The average molecular weight is 1080 g/mol. The Labute approximate surface area is 417 Å². The first-order valence-corrected chi connectivity index (χ1v) is 26.9. The standard InChI is InChI=1S/C65H46I2/c1-40-11-23-52(24-12-40)65(53-25-13-41(2)14-26-53)59-10-6-8-50(62(59)57-29-21-48(37-61(57)65)44-17-18-51-39-67-32-31-49(51)34-44)38-64(3)58-30-22-42-7-4-5-9-55(42)63(58)56-28-20-47(36-60(56)64)43-15-16-46-35-54(66)27-19-45(46)33-43/h4-37,39H,38H2,1-3H3. The van der Waals surface area contributed by atoms with E-state index in [1.807, 2.05) is 0 Å². The van der Waals surface area contributed by atoms with Crippen molar-refractivity contribution in [2.45, 2.75) is 38.0 Å². The summed E-state index contributed by atoms with van der Waals surface area (Å²) in [5.41, 5.74) is 24.3. The van der Waals surface area contributed by atoms with Gasteiger partial charge in [-0.3, -0.25) is 0 Å². The summed E-state index contributed by atoms with van der Waals surface area (Å²) in [5, 5.41) is 5.15. The molecule has 10 aromatic rings. The molecule has 2 aliphatic carbocycles. The van der Waals surface area contributed by atoms with Crippen LogP contribution in [0.2, 0.25) is 0 Å². The summed E-state index contributed by atoms with van der Waals surface area (Å²) in [7, 11) is 0. The number of aryl methyl sites for hydroxylation is 2. The molecule has 1 atom stereocenters. The molecule has 1 heterocycles. The Bertz CT molecular complexity index is 3710. The summed E-state index contributed by atoms with van der Waals surface area (Å²) in [6.07, 6.45) is 3.18. The third-order valence-corrected chi connectivity index (χ3v) is 17.7. The number of rotatable bonds is 6. The molecule has 0 radical (unpaired) electrons. The fourth-order valence-corrected chi connectivity index (χ4v) is 14.2. The van der Waals surface area contributed by atoms with Crippen LogP contribution in [0.5, 0.6) is 0 Å². The van der Waals surface area contributed by atoms with Gasteiger partial charge in [0.15, 0.2) is 0 Å². The molecule has 2 heteroatoms. The van der Waals surface area contributed by atoms with Crippen molar-refractivity contribution in [1.82, 2.24) is 0 Å². The van der Waals surface area contributed by atoms with Crippen LogP contribution in [-0.4, -0.2) is 4.01 Å². The van der Waals surface area contributed by atoms with Crippen LogP contribution in [0.25, 0.3) is 72.1 Å². The van der Waals surface area contributed by atoms with Gasteiger partial charge in [-0.25, -0.2) is 0 Å². The normalized spacial score (nSPS) is 16.0. The van der Waals surface area contributed by atoms with Gasteiger partial charge in [-0.15, -0.1) is 0 Å². The Morgan fingerprint density at radius 2 is 1.09 bits per heavy atom. The number of hydrogen-bond acceptors (Lipinski definition) is 0. The first kappa shape index (κ1) is 41.0. The topological polar surface area (TPSA) is 0 Å². The van der Waals surface area contributed by atoms with Crippen molar-refractivity contribution in [3.8, 4) is 44.5 Å². The highest BCUT2D eigenvalue weighted by Gasteiger charge is 2.48. The van der Waals surface area contributed by atoms with Gasteiger partial charge < -0.3 is 0 Å². The second-order valence-electron chi connectivity index (χ2n) is 19.1. The molecule has 67 heavy (non-hydrogen) atoms. The predicted molar refractivity (Wildman–Crippen MR) is 302 cm³/mol. The quantitative estimate of drug-likeness (QED) is 0.146. The van der Waals surface area contributed by atoms with E-state index in [0.717, 1.165) is 6.42 Å². The lowest BCUT2D eigenvalue weighted by Gasteiger charge is -2.35. The number of fused-ring (bicyclic) bond motifs is 10. The lowest BCUT2D eigenvalue weighted by atomic mass is 9.67. The molecule has 320 valence electrons. The van der Waals surface area contributed by atoms with Crippen LogP contribution in [0.1, 0.15) is 68.1 Å². The van der Waals surface area contributed by atoms with Crippen molar-refractivity contribution in [2.24, 2.45) is 0 Å². The zero-order valence-electron chi connectivity index (χ0n) is 37.7. The van der Waals surface area contributed by atoms with Gasteiger partial charge in [0, 0.05) is 8.99 Å². The summed E-state index contributed by atoms with van der Waals surface area (Å²) in [5.74, 6) is 0. The summed E-state index contributed by atoms with van der Waals surface area (Å²) in [4.78, 5) is 0. The van der Waals surface area contributed by atoms with Crippen LogP contribution in [0.3, 0.4) is 0 Å². The molecule has 10 aromatic carbocycles. The first-order valence-electron chi connectivity index (χ1n) is 23.3. The fraction of sp³-hybridized carbons (Fsp3) is 0.0923. The Balaban J connectivity index is 1.05. The van der Waals surface area contributed by atoms with Crippen molar-refractivity contribution in [2.75, 3.05) is 0 Å². The van der Waals surface area contributed by atoms with Gasteiger partial charge >= 0.3 is 0 Å². The molecule has 0 N–H and O–H groups in total. The van der Waals surface area contributed by atoms with Gasteiger partial charge in [0.2, 0.25) is 0 Å². The molecule has 0 spiro atoms. The smallest absolute Gasteiger partial charge is 0.0713 e. The molecular formula is C65H46I2. The summed E-state index contributed by atoms with van der Waals surface area (Å²) in [6.45, 7) is 6.92. The molecule has 0 saturated heterocycles. The minimum absolute atomic E-state index is 0.0167.